The normalized spacial score (nSPS) is 10.2. The predicted octanol–water partition coefficient (Wildman–Crippen LogP) is 1.75. The Kier molecular flexibility index (Phi) is 2.78. The van der Waals surface area contributed by atoms with Gasteiger partial charge in [-0.3, -0.25) is 0 Å². The second-order valence-electron chi connectivity index (χ2n) is 3.40. The lowest BCUT2D eigenvalue weighted by molar-refractivity contribution is 0.446. The molecule has 2 aromatic rings. The maximum absolute atomic E-state index is 5.95. The van der Waals surface area contributed by atoms with E-state index < -0.39 is 0 Å². The molecule has 0 heterocycles. The molecule has 4 heteroatoms. The van der Waals surface area contributed by atoms with Crippen molar-refractivity contribution in [2.45, 2.75) is 0 Å². The van der Waals surface area contributed by atoms with E-state index in [9.17, 15) is 0 Å². The highest BCUT2D eigenvalue weighted by Crippen LogP contribution is 2.25. The van der Waals surface area contributed by atoms with Crippen molar-refractivity contribution in [2.75, 3.05) is 18.1 Å². The average molecular weight is 200 g/mol. The number of nitrogen functional groups attached to an aromatic ring is 1. The van der Waals surface area contributed by atoms with Crippen molar-refractivity contribution >= 4 is 29.8 Å². The van der Waals surface area contributed by atoms with Gasteiger partial charge in [-0.25, -0.2) is 0 Å². The molecule has 0 saturated heterocycles. The van der Waals surface area contributed by atoms with Gasteiger partial charge in [-0.1, -0.05) is 24.3 Å². The van der Waals surface area contributed by atoms with Crippen LogP contribution in [0.1, 0.15) is 0 Å². The van der Waals surface area contributed by atoms with Crippen LogP contribution in [0.15, 0.2) is 36.4 Å². The lowest BCUT2D eigenvalue weighted by Crippen LogP contribution is -2.08. The van der Waals surface area contributed by atoms with E-state index in [1.807, 2.05) is 30.3 Å². The van der Waals surface area contributed by atoms with Gasteiger partial charge >= 0.3 is 7.62 Å². The lowest BCUT2D eigenvalue weighted by atomic mass is 10.1. The third kappa shape index (κ3) is 2.05. The molecule has 0 atom stereocenters. The average Bonchev–Trinajstić information content (AvgIpc) is 2.26. The van der Waals surface area contributed by atoms with Gasteiger partial charge in [0, 0.05) is 23.9 Å². The van der Waals surface area contributed by atoms with E-state index >= 15 is 0 Å². The Hall–Kier alpha value is -1.68. The van der Waals surface area contributed by atoms with Crippen molar-refractivity contribution in [3.05, 3.63) is 36.4 Å². The Bertz CT molecular complexity index is 473. The van der Waals surface area contributed by atoms with Crippen LogP contribution in [0.2, 0.25) is 0 Å². The van der Waals surface area contributed by atoms with Gasteiger partial charge in [-0.15, -0.1) is 0 Å². The number of nitrogens with two attached hydrogens (primary N) is 1. The fourth-order valence-corrected chi connectivity index (χ4v) is 1.60. The summed E-state index contributed by atoms with van der Waals surface area (Å²) < 4.78 is 4.95. The largest absolute Gasteiger partial charge is 0.422 e. The van der Waals surface area contributed by atoms with Gasteiger partial charge in [-0.2, -0.15) is 0 Å². The molecular formula is C11H13BN2O. The van der Waals surface area contributed by atoms with E-state index in [2.05, 4.69) is 11.3 Å². The lowest BCUT2D eigenvalue weighted by Gasteiger charge is -2.08. The summed E-state index contributed by atoms with van der Waals surface area (Å²) in [6, 6.07) is 12.0. The van der Waals surface area contributed by atoms with Crippen molar-refractivity contribution in [2.24, 2.45) is 0 Å². The SMILES string of the molecule is COBNc1cc(N)c2ccccc2c1. The Morgan fingerprint density at radius 3 is 2.87 bits per heavy atom. The Morgan fingerprint density at radius 1 is 1.27 bits per heavy atom. The van der Waals surface area contributed by atoms with E-state index in [1.165, 1.54) is 0 Å². The van der Waals surface area contributed by atoms with Gasteiger partial charge in [0.25, 0.3) is 0 Å². The van der Waals surface area contributed by atoms with Crippen LogP contribution in [0, 0.1) is 0 Å². The first kappa shape index (κ1) is 9.86. The maximum atomic E-state index is 5.95. The molecule has 2 aromatic carbocycles. The second kappa shape index (κ2) is 4.23. The number of hydrogen-bond donors (Lipinski definition) is 2. The summed E-state index contributed by atoms with van der Waals surface area (Å²) in [5.74, 6) is 0. The summed E-state index contributed by atoms with van der Waals surface area (Å²) in [5, 5.41) is 5.34. The minimum absolute atomic E-state index is 0.484. The van der Waals surface area contributed by atoms with E-state index in [-0.39, 0.29) is 0 Å². The van der Waals surface area contributed by atoms with Gasteiger partial charge in [-0.05, 0) is 17.5 Å². The number of fused-ring (bicyclic) bond motifs is 1. The fraction of sp³-hybridized carbons (Fsp3) is 0.0909. The van der Waals surface area contributed by atoms with Gasteiger partial charge in [0.1, 0.15) is 0 Å². The highest BCUT2D eigenvalue weighted by molar-refractivity contribution is 6.32. The summed E-state index contributed by atoms with van der Waals surface area (Å²) in [7, 11) is 2.13. The number of rotatable bonds is 3. The minimum atomic E-state index is 0.484. The molecule has 3 N–H and O–H groups in total. The van der Waals surface area contributed by atoms with Crippen molar-refractivity contribution in [1.29, 1.82) is 0 Å². The first-order chi connectivity index (χ1) is 7.31. The molecule has 0 fully saturated rings. The number of benzene rings is 2. The van der Waals surface area contributed by atoms with Crippen LogP contribution in [-0.2, 0) is 4.65 Å². The van der Waals surface area contributed by atoms with Crippen molar-refractivity contribution in [1.82, 2.24) is 0 Å². The molecule has 0 aliphatic heterocycles. The first-order valence-electron chi connectivity index (χ1n) is 4.82. The minimum Gasteiger partial charge on any atom is -0.422 e. The Labute approximate surface area is 89.5 Å². The summed E-state index contributed by atoms with van der Waals surface area (Å²) in [4.78, 5) is 0. The molecule has 0 bridgehead atoms. The highest BCUT2D eigenvalue weighted by Gasteiger charge is 2.00. The van der Waals surface area contributed by atoms with Crippen LogP contribution in [0.5, 0.6) is 0 Å². The van der Waals surface area contributed by atoms with Gasteiger partial charge < -0.3 is 15.6 Å². The van der Waals surface area contributed by atoms with Crippen molar-refractivity contribution in [3.8, 4) is 0 Å². The Morgan fingerprint density at radius 2 is 2.07 bits per heavy atom. The molecular weight excluding hydrogens is 187 g/mol. The van der Waals surface area contributed by atoms with Crippen LogP contribution < -0.4 is 11.0 Å². The zero-order valence-electron chi connectivity index (χ0n) is 8.66. The summed E-state index contributed by atoms with van der Waals surface area (Å²) >= 11 is 0. The highest BCUT2D eigenvalue weighted by atomic mass is 16.4. The quantitative estimate of drug-likeness (QED) is 0.586. The van der Waals surface area contributed by atoms with Crippen molar-refractivity contribution in [3.63, 3.8) is 0 Å². The Balaban J connectivity index is 2.43. The first-order valence-corrected chi connectivity index (χ1v) is 4.82. The third-order valence-corrected chi connectivity index (χ3v) is 2.31. The molecule has 0 aromatic heterocycles. The molecule has 0 aliphatic carbocycles. The molecule has 0 saturated carbocycles. The third-order valence-electron chi connectivity index (χ3n) is 2.31. The van der Waals surface area contributed by atoms with Crippen LogP contribution in [0.4, 0.5) is 11.4 Å². The van der Waals surface area contributed by atoms with Crippen LogP contribution in [0.3, 0.4) is 0 Å². The van der Waals surface area contributed by atoms with Gasteiger partial charge in [0.05, 0.1) is 0 Å². The number of hydrogen-bond acceptors (Lipinski definition) is 3. The zero-order chi connectivity index (χ0) is 10.7. The molecule has 0 spiro atoms. The molecule has 76 valence electrons. The van der Waals surface area contributed by atoms with Gasteiger partial charge in [0.2, 0.25) is 0 Å². The van der Waals surface area contributed by atoms with Crippen LogP contribution in [-0.4, -0.2) is 14.7 Å². The molecule has 2 rings (SSSR count). The second-order valence-corrected chi connectivity index (χ2v) is 3.40. The summed E-state index contributed by atoms with van der Waals surface area (Å²) in [6.07, 6.45) is 0. The molecule has 0 unspecified atom stereocenters. The van der Waals surface area contributed by atoms with Crippen LogP contribution >= 0.6 is 0 Å². The van der Waals surface area contributed by atoms with Crippen molar-refractivity contribution < 1.29 is 4.65 Å². The monoisotopic (exact) mass is 200 g/mol. The zero-order valence-corrected chi connectivity index (χ0v) is 8.66. The standard InChI is InChI=1S/C11H13BN2O/c1-15-12-14-9-6-8-4-2-3-5-10(8)11(13)7-9/h2-7,12,14H,13H2,1H3. The summed E-state index contributed by atoms with van der Waals surface area (Å²) in [5.41, 5.74) is 7.71. The smallest absolute Gasteiger partial charge is 0.393 e. The summed E-state index contributed by atoms with van der Waals surface area (Å²) in [6.45, 7) is 0. The number of anilines is 2. The van der Waals surface area contributed by atoms with E-state index in [4.69, 9.17) is 10.4 Å². The molecule has 0 aliphatic rings. The molecule has 0 amide bonds. The van der Waals surface area contributed by atoms with E-state index in [0.29, 0.717) is 7.62 Å². The van der Waals surface area contributed by atoms with Gasteiger partial charge in [0.15, 0.2) is 0 Å². The predicted molar refractivity (Wildman–Crippen MR) is 66.1 cm³/mol. The maximum Gasteiger partial charge on any atom is 0.393 e. The topological polar surface area (TPSA) is 47.3 Å². The van der Waals surface area contributed by atoms with E-state index in [1.54, 1.807) is 7.11 Å². The molecule has 0 radical (unpaired) electrons. The van der Waals surface area contributed by atoms with E-state index in [0.717, 1.165) is 22.1 Å². The number of nitrogens with one attached hydrogen (secondary N) is 1. The molecule has 15 heavy (non-hydrogen) atoms. The molecule has 3 nitrogen and oxygen atoms in total. The van der Waals surface area contributed by atoms with Crippen LogP contribution in [0.25, 0.3) is 10.8 Å². The fourth-order valence-electron chi connectivity index (χ4n) is 1.60.